The number of methoxy groups -OCH3 is 1. The van der Waals surface area contributed by atoms with Crippen LogP contribution in [0, 0.1) is 17.8 Å². The van der Waals surface area contributed by atoms with Gasteiger partial charge in [0.15, 0.2) is 11.9 Å². The number of cyclic esters (lactones) is 1. The highest BCUT2D eigenvalue weighted by molar-refractivity contribution is 5.88. The number of esters is 1. The lowest BCUT2D eigenvalue weighted by Crippen LogP contribution is -2.58. The molecule has 1 amide bonds. The maximum atomic E-state index is 13.9. The van der Waals surface area contributed by atoms with Crippen LogP contribution in [0.5, 0.6) is 0 Å². The molecule has 4 aliphatic rings. The summed E-state index contributed by atoms with van der Waals surface area (Å²) in [5.41, 5.74) is -0.252. The standard InChI is InChI=1S/C40H63N3O8/c1-12-31-40(8)34-28(6)32(42(43(34)38(46)51-40)20-16-19-29-17-14-13-15-18-29)26(4)23-39(7,47-11)35(24(2)21-25(3)36(45)49-31)50-37-33(44)30(41(9)10)22-27(5)48-37/h13-15,17-18,21,24,26-28,30-35,37,44H,12,16,19-20,22-23H2,1-11H3/b25-21+/t24-,26+,27+,28-,30-,31+,32-,33+,34+,35+,37-,39-,40+/m0/s1. The van der Waals surface area contributed by atoms with Gasteiger partial charge in [-0.3, -0.25) is 0 Å². The highest BCUT2D eigenvalue weighted by Gasteiger charge is 2.66. The van der Waals surface area contributed by atoms with Gasteiger partial charge in [-0.1, -0.05) is 64.1 Å². The first-order valence-electron chi connectivity index (χ1n) is 19.0. The molecule has 5 rings (SSSR count). The third kappa shape index (κ3) is 7.76. The fourth-order valence-electron chi connectivity index (χ4n) is 9.75. The third-order valence-electron chi connectivity index (χ3n) is 12.2. The van der Waals surface area contributed by atoms with Gasteiger partial charge in [0, 0.05) is 37.2 Å². The second-order valence-corrected chi connectivity index (χ2v) is 16.3. The van der Waals surface area contributed by atoms with Gasteiger partial charge in [0.05, 0.1) is 23.9 Å². The molecule has 11 heteroatoms. The molecule has 0 radical (unpaired) electrons. The topological polar surface area (TPSA) is 110 Å². The van der Waals surface area contributed by atoms with Crippen molar-refractivity contribution in [2.45, 2.75) is 148 Å². The quantitative estimate of drug-likeness (QED) is 0.325. The molecule has 0 aromatic heterocycles. The van der Waals surface area contributed by atoms with Gasteiger partial charge in [0.2, 0.25) is 0 Å². The molecule has 51 heavy (non-hydrogen) atoms. The van der Waals surface area contributed by atoms with Gasteiger partial charge in [-0.05, 0) is 91.3 Å². The van der Waals surface area contributed by atoms with E-state index in [-0.39, 0.29) is 42.0 Å². The van der Waals surface area contributed by atoms with E-state index in [1.54, 1.807) is 14.0 Å². The Morgan fingerprint density at radius 1 is 1.08 bits per heavy atom. The van der Waals surface area contributed by atoms with Crippen molar-refractivity contribution in [2.75, 3.05) is 27.7 Å². The van der Waals surface area contributed by atoms with E-state index in [0.717, 1.165) is 12.8 Å². The predicted molar refractivity (Wildman–Crippen MR) is 195 cm³/mol. The van der Waals surface area contributed by atoms with Crippen molar-refractivity contribution >= 4 is 12.1 Å². The highest BCUT2D eigenvalue weighted by atomic mass is 16.7. The minimum atomic E-state index is -1.05. The van der Waals surface area contributed by atoms with Crippen LogP contribution in [-0.2, 0) is 34.9 Å². The minimum Gasteiger partial charge on any atom is -0.455 e. The maximum Gasteiger partial charge on any atom is 0.425 e. The number of benzene rings is 1. The molecule has 1 aromatic rings. The smallest absolute Gasteiger partial charge is 0.425 e. The molecule has 4 heterocycles. The van der Waals surface area contributed by atoms with E-state index in [2.05, 4.69) is 43.1 Å². The third-order valence-corrected chi connectivity index (χ3v) is 12.2. The average Bonchev–Trinajstić information content (AvgIpc) is 3.54. The van der Waals surface area contributed by atoms with Crippen LogP contribution in [0.4, 0.5) is 4.79 Å². The van der Waals surface area contributed by atoms with Gasteiger partial charge in [-0.15, -0.1) is 0 Å². The second-order valence-electron chi connectivity index (χ2n) is 16.3. The number of rotatable bonds is 9. The molecule has 286 valence electrons. The summed E-state index contributed by atoms with van der Waals surface area (Å²) < 4.78 is 32.1. The number of carbonyl (C=O) groups is 2. The first-order valence-corrected chi connectivity index (χ1v) is 19.0. The summed E-state index contributed by atoms with van der Waals surface area (Å²) in [4.78, 5) is 29.8. The lowest BCUT2D eigenvalue weighted by molar-refractivity contribution is -0.295. The number of fused-ring (bicyclic) bond motifs is 1. The summed E-state index contributed by atoms with van der Waals surface area (Å²) in [6.07, 6.45) is 1.75. The molecule has 0 spiro atoms. The number of aliphatic hydroxyl groups excluding tert-OH is 1. The van der Waals surface area contributed by atoms with E-state index >= 15 is 0 Å². The van der Waals surface area contributed by atoms with Crippen molar-refractivity contribution in [1.82, 2.24) is 14.9 Å². The van der Waals surface area contributed by atoms with Crippen LogP contribution in [0.3, 0.4) is 0 Å². The molecule has 3 saturated heterocycles. The normalized spacial score (nSPS) is 41.9. The fourth-order valence-corrected chi connectivity index (χ4v) is 9.75. The van der Waals surface area contributed by atoms with Crippen LogP contribution in [0.2, 0.25) is 0 Å². The van der Waals surface area contributed by atoms with E-state index in [4.69, 9.17) is 23.7 Å². The molecule has 0 aliphatic carbocycles. The van der Waals surface area contributed by atoms with Crippen LogP contribution in [0.25, 0.3) is 0 Å². The lowest BCUT2D eigenvalue weighted by atomic mass is 9.73. The van der Waals surface area contributed by atoms with Crippen molar-refractivity contribution in [1.29, 1.82) is 0 Å². The van der Waals surface area contributed by atoms with Gasteiger partial charge in [-0.25, -0.2) is 19.6 Å². The first kappa shape index (κ1) is 39.7. The second kappa shape index (κ2) is 15.8. The number of hydrogen-bond acceptors (Lipinski definition) is 10. The Morgan fingerprint density at radius 3 is 2.39 bits per heavy atom. The van der Waals surface area contributed by atoms with Gasteiger partial charge in [0.1, 0.15) is 12.2 Å². The van der Waals surface area contributed by atoms with Crippen molar-refractivity contribution < 1.29 is 38.4 Å². The molecule has 2 bridgehead atoms. The SMILES string of the molecule is CC[C@H]1OC(=O)/C(C)=C/[C@H](C)[C@@H](O[C@@H]2O[C@H](C)C[C@H](N(C)C)[C@H]2O)[C@@](C)(OC)C[C@@H](C)[C@H]2[C@H](C)[C@H]3N(C(=O)O[C@]13C)N2CCCc1ccccc1. The van der Waals surface area contributed by atoms with Crippen molar-refractivity contribution in [3.63, 3.8) is 0 Å². The number of amides is 1. The van der Waals surface area contributed by atoms with Crippen LogP contribution in [-0.4, -0.2) is 120 Å². The zero-order valence-electron chi connectivity index (χ0n) is 32.7. The molecular formula is C40H63N3O8. The molecule has 1 aromatic carbocycles. The average molecular weight is 714 g/mol. The lowest BCUT2D eigenvalue weighted by Gasteiger charge is -2.47. The Morgan fingerprint density at radius 2 is 1.76 bits per heavy atom. The van der Waals surface area contributed by atoms with Gasteiger partial charge < -0.3 is 33.7 Å². The molecule has 3 fully saturated rings. The van der Waals surface area contributed by atoms with Crippen LogP contribution in [0.1, 0.15) is 86.6 Å². The Bertz CT molecular complexity index is 1390. The summed E-state index contributed by atoms with van der Waals surface area (Å²) in [5.74, 6) is -0.787. The summed E-state index contributed by atoms with van der Waals surface area (Å²) >= 11 is 0. The van der Waals surface area contributed by atoms with Gasteiger partial charge in [-0.2, -0.15) is 0 Å². The van der Waals surface area contributed by atoms with Crippen LogP contribution in [0.15, 0.2) is 42.0 Å². The number of aryl methyl sites for hydroxylation is 1. The zero-order valence-corrected chi connectivity index (χ0v) is 32.7. The predicted octanol–water partition coefficient (Wildman–Crippen LogP) is 5.59. The van der Waals surface area contributed by atoms with E-state index in [1.165, 1.54) is 5.56 Å². The molecule has 13 atom stereocenters. The Labute approximate surface area is 305 Å². The number of carbonyl (C=O) groups excluding carboxylic acids is 2. The number of ether oxygens (including phenoxy) is 5. The van der Waals surface area contributed by atoms with E-state index in [9.17, 15) is 14.7 Å². The van der Waals surface area contributed by atoms with Gasteiger partial charge >= 0.3 is 12.1 Å². The number of nitrogens with zero attached hydrogens (tertiary/aromatic N) is 3. The molecule has 1 N–H and O–H groups in total. The summed E-state index contributed by atoms with van der Waals surface area (Å²) in [7, 11) is 5.60. The minimum absolute atomic E-state index is 0.0244. The zero-order chi connectivity index (χ0) is 37.4. The summed E-state index contributed by atoms with van der Waals surface area (Å²) in [6.45, 7) is 16.8. The number of hydrogen-bond donors (Lipinski definition) is 1. The number of hydrazine groups is 1. The van der Waals surface area contributed by atoms with Crippen molar-refractivity contribution in [2.24, 2.45) is 17.8 Å². The molecular weight excluding hydrogens is 650 g/mol. The monoisotopic (exact) mass is 713 g/mol. The van der Waals surface area contributed by atoms with E-state index in [0.29, 0.717) is 31.4 Å². The maximum absolute atomic E-state index is 13.9. The Hall–Kier alpha value is -2.54. The molecule has 11 nitrogen and oxygen atoms in total. The number of aliphatic hydroxyl groups is 1. The fraction of sp³-hybridized carbons (Fsp3) is 0.750. The first-order chi connectivity index (χ1) is 24.1. The number of likely N-dealkylation sites (N-methyl/N-ethyl adjacent to an activating group) is 1. The van der Waals surface area contributed by atoms with Gasteiger partial charge in [0.25, 0.3) is 0 Å². The Kier molecular flexibility index (Phi) is 12.3. The molecule has 0 unspecified atom stereocenters. The highest BCUT2D eigenvalue weighted by Crippen LogP contribution is 2.50. The van der Waals surface area contributed by atoms with Crippen molar-refractivity contribution in [3.8, 4) is 0 Å². The summed E-state index contributed by atoms with van der Waals surface area (Å²) in [5, 5.41) is 15.6. The van der Waals surface area contributed by atoms with Crippen LogP contribution >= 0.6 is 0 Å². The molecule has 4 aliphatic heterocycles. The summed E-state index contributed by atoms with van der Waals surface area (Å²) in [6, 6.07) is 9.85. The van der Waals surface area contributed by atoms with Crippen LogP contribution < -0.4 is 0 Å². The van der Waals surface area contributed by atoms with Crippen molar-refractivity contribution in [3.05, 3.63) is 47.5 Å². The van der Waals surface area contributed by atoms with E-state index < -0.39 is 47.9 Å². The Balaban J connectivity index is 1.56. The molecule has 0 saturated carbocycles. The largest absolute Gasteiger partial charge is 0.455 e. The van der Waals surface area contributed by atoms with E-state index in [1.807, 2.05) is 70.8 Å².